The molecule has 1 amide bonds. The maximum atomic E-state index is 11.4. The fourth-order valence-corrected chi connectivity index (χ4v) is 1.32. The average Bonchev–Trinajstić information content (AvgIpc) is 2.15. The molecule has 0 aromatic heterocycles. The van der Waals surface area contributed by atoms with Gasteiger partial charge in [-0.15, -0.1) is 0 Å². The van der Waals surface area contributed by atoms with E-state index in [9.17, 15) is 9.59 Å². The molecule has 0 aromatic carbocycles. The minimum atomic E-state index is -0.506. The van der Waals surface area contributed by atoms with Crippen LogP contribution in [0.5, 0.6) is 0 Å². The predicted octanol–water partition coefficient (Wildman–Crippen LogP) is 1.49. The van der Waals surface area contributed by atoms with E-state index in [1.807, 2.05) is 20.8 Å². The van der Waals surface area contributed by atoms with Gasteiger partial charge in [0.15, 0.2) is 0 Å². The van der Waals surface area contributed by atoms with Crippen molar-refractivity contribution in [3.63, 3.8) is 0 Å². The third kappa shape index (κ3) is 6.10. The molecule has 0 spiro atoms. The number of hydrogen-bond donors (Lipinski definition) is 1. The topological polar surface area (TPSA) is 55.4 Å². The summed E-state index contributed by atoms with van der Waals surface area (Å²) in [7, 11) is 1.33. The summed E-state index contributed by atoms with van der Waals surface area (Å²) in [6, 6.07) is -0.506. The van der Waals surface area contributed by atoms with Crippen molar-refractivity contribution in [2.24, 2.45) is 5.92 Å². The fraction of sp³-hybridized carbons (Fsp3) is 0.818. The van der Waals surface area contributed by atoms with Gasteiger partial charge in [0.25, 0.3) is 0 Å². The molecule has 15 heavy (non-hydrogen) atoms. The number of carbonyl (C=O) groups excluding carboxylic acids is 2. The van der Waals surface area contributed by atoms with E-state index in [1.165, 1.54) is 7.11 Å². The molecule has 0 radical (unpaired) electrons. The molecule has 0 aliphatic rings. The van der Waals surface area contributed by atoms with Crippen molar-refractivity contribution >= 4 is 11.9 Å². The second-order valence-corrected chi connectivity index (χ2v) is 4.02. The molecule has 0 aliphatic carbocycles. The molecule has 0 rings (SSSR count). The van der Waals surface area contributed by atoms with Gasteiger partial charge in [0, 0.05) is 6.42 Å². The average molecular weight is 215 g/mol. The molecule has 0 saturated heterocycles. The minimum absolute atomic E-state index is 0.0893. The monoisotopic (exact) mass is 215 g/mol. The molecule has 0 bridgehead atoms. The van der Waals surface area contributed by atoms with Gasteiger partial charge in [0.05, 0.1) is 7.11 Å². The van der Waals surface area contributed by atoms with Crippen molar-refractivity contribution < 1.29 is 14.3 Å². The van der Waals surface area contributed by atoms with E-state index in [0.29, 0.717) is 18.8 Å². The van der Waals surface area contributed by atoms with Crippen molar-refractivity contribution in [2.75, 3.05) is 7.11 Å². The Bertz CT molecular complexity index is 214. The van der Waals surface area contributed by atoms with Crippen molar-refractivity contribution in [3.05, 3.63) is 0 Å². The quantitative estimate of drug-likeness (QED) is 0.683. The van der Waals surface area contributed by atoms with E-state index in [2.05, 4.69) is 10.1 Å². The summed E-state index contributed by atoms with van der Waals surface area (Å²) in [6.07, 6.45) is 1.84. The lowest BCUT2D eigenvalue weighted by atomic mass is 10.0. The Labute approximate surface area is 91.4 Å². The van der Waals surface area contributed by atoms with Crippen molar-refractivity contribution in [2.45, 2.75) is 46.1 Å². The van der Waals surface area contributed by atoms with Crippen LogP contribution in [0.25, 0.3) is 0 Å². The van der Waals surface area contributed by atoms with Crippen molar-refractivity contribution in [1.29, 1.82) is 0 Å². The van der Waals surface area contributed by atoms with Crippen LogP contribution < -0.4 is 5.32 Å². The Morgan fingerprint density at radius 1 is 1.33 bits per heavy atom. The molecule has 0 fully saturated rings. The molecule has 1 atom stereocenters. The third-order valence-corrected chi connectivity index (χ3v) is 2.01. The molecule has 1 N–H and O–H groups in total. The van der Waals surface area contributed by atoms with Gasteiger partial charge in [-0.25, -0.2) is 4.79 Å². The lowest BCUT2D eigenvalue weighted by Crippen LogP contribution is -2.42. The van der Waals surface area contributed by atoms with Gasteiger partial charge < -0.3 is 10.1 Å². The normalized spacial score (nSPS) is 12.3. The van der Waals surface area contributed by atoms with Crippen LogP contribution in [0, 0.1) is 5.92 Å². The first-order valence-corrected chi connectivity index (χ1v) is 5.38. The molecule has 4 nitrogen and oxygen atoms in total. The van der Waals surface area contributed by atoms with E-state index in [4.69, 9.17) is 0 Å². The molecule has 0 aromatic rings. The lowest BCUT2D eigenvalue weighted by Gasteiger charge is -2.18. The molecular weight excluding hydrogens is 194 g/mol. The number of methoxy groups -OCH3 is 1. The standard InChI is InChI=1S/C11H21NO3/c1-5-6-10(13)12-9(7-8(2)3)11(14)15-4/h8-9H,5-7H2,1-4H3,(H,12,13). The van der Waals surface area contributed by atoms with Crippen LogP contribution in [0.1, 0.15) is 40.0 Å². The zero-order chi connectivity index (χ0) is 11.8. The first-order chi connectivity index (χ1) is 7.01. The smallest absolute Gasteiger partial charge is 0.328 e. The van der Waals surface area contributed by atoms with Crippen LogP contribution in [-0.4, -0.2) is 25.0 Å². The number of amides is 1. The molecule has 88 valence electrons. The summed E-state index contributed by atoms with van der Waals surface area (Å²) in [4.78, 5) is 22.7. The molecule has 0 aliphatic heterocycles. The van der Waals surface area contributed by atoms with Crippen molar-refractivity contribution in [3.8, 4) is 0 Å². The summed E-state index contributed by atoms with van der Waals surface area (Å²) in [6.45, 7) is 5.93. The second-order valence-electron chi connectivity index (χ2n) is 4.02. The van der Waals surface area contributed by atoms with Gasteiger partial charge in [0.2, 0.25) is 5.91 Å². The Balaban J connectivity index is 4.24. The molecule has 0 heterocycles. The minimum Gasteiger partial charge on any atom is -0.467 e. The molecular formula is C11H21NO3. The summed E-state index contributed by atoms with van der Waals surface area (Å²) in [5.41, 5.74) is 0. The zero-order valence-electron chi connectivity index (χ0n) is 10.0. The van der Waals surface area contributed by atoms with Gasteiger partial charge in [-0.3, -0.25) is 4.79 Å². The van der Waals surface area contributed by atoms with Gasteiger partial charge in [0.1, 0.15) is 6.04 Å². The van der Waals surface area contributed by atoms with Crippen LogP contribution in [-0.2, 0) is 14.3 Å². The lowest BCUT2D eigenvalue weighted by molar-refractivity contribution is -0.145. The number of esters is 1. The first-order valence-electron chi connectivity index (χ1n) is 5.38. The molecule has 0 saturated carbocycles. The largest absolute Gasteiger partial charge is 0.467 e. The molecule has 4 heteroatoms. The second kappa shape index (κ2) is 7.26. The highest BCUT2D eigenvalue weighted by atomic mass is 16.5. The highest BCUT2D eigenvalue weighted by Gasteiger charge is 2.21. The zero-order valence-corrected chi connectivity index (χ0v) is 10.0. The van der Waals surface area contributed by atoms with Crippen LogP contribution >= 0.6 is 0 Å². The predicted molar refractivity (Wildman–Crippen MR) is 58.3 cm³/mol. The fourth-order valence-electron chi connectivity index (χ4n) is 1.32. The Morgan fingerprint density at radius 3 is 2.33 bits per heavy atom. The number of hydrogen-bond acceptors (Lipinski definition) is 3. The summed E-state index contributed by atoms with van der Waals surface area (Å²) >= 11 is 0. The van der Waals surface area contributed by atoms with Gasteiger partial charge in [-0.05, 0) is 18.8 Å². The summed E-state index contributed by atoms with van der Waals surface area (Å²) < 4.78 is 4.64. The van der Waals surface area contributed by atoms with E-state index in [0.717, 1.165) is 6.42 Å². The number of carbonyl (C=O) groups is 2. The number of rotatable bonds is 6. The highest BCUT2D eigenvalue weighted by Crippen LogP contribution is 2.06. The Morgan fingerprint density at radius 2 is 1.93 bits per heavy atom. The summed E-state index contributed by atoms with van der Waals surface area (Å²) in [5, 5.41) is 2.69. The number of ether oxygens (including phenoxy) is 1. The van der Waals surface area contributed by atoms with Crippen LogP contribution in [0.3, 0.4) is 0 Å². The van der Waals surface area contributed by atoms with Gasteiger partial charge in [-0.1, -0.05) is 20.8 Å². The third-order valence-electron chi connectivity index (χ3n) is 2.01. The highest BCUT2D eigenvalue weighted by molar-refractivity contribution is 5.84. The van der Waals surface area contributed by atoms with Crippen LogP contribution in [0.15, 0.2) is 0 Å². The maximum Gasteiger partial charge on any atom is 0.328 e. The number of nitrogens with one attached hydrogen (secondary N) is 1. The summed E-state index contributed by atoms with van der Waals surface area (Å²) in [5.74, 6) is -0.113. The van der Waals surface area contributed by atoms with Gasteiger partial charge >= 0.3 is 5.97 Å². The van der Waals surface area contributed by atoms with E-state index in [-0.39, 0.29) is 11.9 Å². The SMILES string of the molecule is CCCC(=O)NC(CC(C)C)C(=O)OC. The van der Waals surface area contributed by atoms with Crippen molar-refractivity contribution in [1.82, 2.24) is 5.32 Å². The van der Waals surface area contributed by atoms with Crippen LogP contribution in [0.4, 0.5) is 0 Å². The Hall–Kier alpha value is -1.06. The van der Waals surface area contributed by atoms with E-state index >= 15 is 0 Å². The van der Waals surface area contributed by atoms with E-state index < -0.39 is 6.04 Å². The Kier molecular flexibility index (Phi) is 6.75. The van der Waals surface area contributed by atoms with Crippen LogP contribution in [0.2, 0.25) is 0 Å². The van der Waals surface area contributed by atoms with Gasteiger partial charge in [-0.2, -0.15) is 0 Å². The maximum absolute atomic E-state index is 11.4. The first kappa shape index (κ1) is 13.9. The van der Waals surface area contributed by atoms with E-state index in [1.54, 1.807) is 0 Å². The molecule has 1 unspecified atom stereocenters.